The van der Waals surface area contributed by atoms with Crippen LogP contribution in [0, 0.1) is 6.92 Å². The van der Waals surface area contributed by atoms with Gasteiger partial charge >= 0.3 is 0 Å². The summed E-state index contributed by atoms with van der Waals surface area (Å²) in [6.07, 6.45) is 4.89. The summed E-state index contributed by atoms with van der Waals surface area (Å²) in [5, 5.41) is 2.89. The summed E-state index contributed by atoms with van der Waals surface area (Å²) >= 11 is 0.750. The van der Waals surface area contributed by atoms with Gasteiger partial charge in [-0.05, 0) is 55.1 Å². The van der Waals surface area contributed by atoms with Crippen molar-refractivity contribution in [3.8, 4) is 0 Å². The lowest BCUT2D eigenvalue weighted by Crippen LogP contribution is -2.45. The van der Waals surface area contributed by atoms with Crippen LogP contribution in [0.4, 0.5) is 5.69 Å². The topological polar surface area (TPSA) is 167 Å². The first-order valence-corrected chi connectivity index (χ1v) is 11.8. The van der Waals surface area contributed by atoms with Crippen LogP contribution < -0.4 is 16.8 Å². The zero-order chi connectivity index (χ0) is 24.9. The molecule has 5 N–H and O–H groups in total. The zero-order valence-corrected chi connectivity index (χ0v) is 19.9. The molecule has 184 valence electrons. The molecule has 0 aromatic carbocycles. The molecule has 4 rings (SSSR count). The Balaban J connectivity index is 1.72. The molecule has 12 heteroatoms. The fraction of sp³-hybridized carbons (Fsp3) is 0.348. The summed E-state index contributed by atoms with van der Waals surface area (Å²) in [7, 11) is 0. The van der Waals surface area contributed by atoms with E-state index < -0.39 is 23.8 Å². The maximum Gasteiger partial charge on any atom is 0.270 e. The smallest absolute Gasteiger partial charge is 0.270 e. The molecular formula is C23H26N6O5S. The van der Waals surface area contributed by atoms with Crippen LogP contribution in [0.15, 0.2) is 41.1 Å². The Morgan fingerprint density at radius 1 is 1.31 bits per heavy atom. The van der Waals surface area contributed by atoms with Crippen LogP contribution in [0.5, 0.6) is 0 Å². The molecule has 11 nitrogen and oxygen atoms in total. The van der Waals surface area contributed by atoms with Gasteiger partial charge in [0.25, 0.3) is 17.7 Å². The number of aryl methyl sites for hydroxylation is 1. The van der Waals surface area contributed by atoms with Gasteiger partial charge < -0.3 is 30.8 Å². The number of anilines is 1. The Morgan fingerprint density at radius 3 is 2.74 bits per heavy atom. The number of carbonyl (C=O) groups is 3. The van der Waals surface area contributed by atoms with Crippen molar-refractivity contribution < 1.29 is 23.5 Å². The SMILES string of the molecule is Cc1ccc(C(C(=O)NCC2CCCO2)N(Cc2cccnc2)C(=O)c2snc(C(N)=O)c2N)o1. The molecule has 1 aliphatic heterocycles. The number of aromatic nitrogens is 2. The molecule has 0 spiro atoms. The van der Waals surface area contributed by atoms with E-state index in [9.17, 15) is 14.4 Å². The van der Waals surface area contributed by atoms with E-state index in [1.54, 1.807) is 43.6 Å². The van der Waals surface area contributed by atoms with E-state index in [0.717, 1.165) is 24.4 Å². The summed E-state index contributed by atoms with van der Waals surface area (Å²) in [4.78, 5) is 44.4. The number of furan rings is 1. The maximum atomic E-state index is 13.8. The summed E-state index contributed by atoms with van der Waals surface area (Å²) < 4.78 is 15.3. The van der Waals surface area contributed by atoms with Gasteiger partial charge in [0, 0.05) is 32.1 Å². The minimum absolute atomic E-state index is 0.00268. The maximum absolute atomic E-state index is 13.8. The van der Waals surface area contributed by atoms with Gasteiger partial charge in [-0.3, -0.25) is 19.4 Å². The van der Waals surface area contributed by atoms with Crippen molar-refractivity contribution in [1.82, 2.24) is 19.6 Å². The van der Waals surface area contributed by atoms with E-state index in [-0.39, 0.29) is 34.7 Å². The number of nitrogen functional groups attached to an aromatic ring is 1. The number of amides is 3. The van der Waals surface area contributed by atoms with Crippen LogP contribution in [0.1, 0.15) is 56.1 Å². The molecule has 0 aliphatic carbocycles. The van der Waals surface area contributed by atoms with Crippen molar-refractivity contribution in [3.63, 3.8) is 0 Å². The molecule has 2 atom stereocenters. The number of hydrogen-bond donors (Lipinski definition) is 3. The Hall–Kier alpha value is -3.77. The molecule has 1 aliphatic rings. The quantitative estimate of drug-likeness (QED) is 0.401. The third-order valence-corrected chi connectivity index (χ3v) is 6.46. The Bertz CT molecular complexity index is 1200. The van der Waals surface area contributed by atoms with Crippen molar-refractivity contribution in [2.75, 3.05) is 18.9 Å². The van der Waals surface area contributed by atoms with Gasteiger partial charge in [0.2, 0.25) is 0 Å². The van der Waals surface area contributed by atoms with Gasteiger partial charge in [-0.1, -0.05) is 6.07 Å². The predicted octanol–water partition coefficient (Wildman–Crippen LogP) is 1.80. The van der Waals surface area contributed by atoms with Crippen LogP contribution in [0.25, 0.3) is 0 Å². The Labute approximate surface area is 205 Å². The molecule has 3 aromatic rings. The van der Waals surface area contributed by atoms with Crippen molar-refractivity contribution in [1.29, 1.82) is 0 Å². The van der Waals surface area contributed by atoms with Crippen LogP contribution >= 0.6 is 11.5 Å². The fourth-order valence-corrected chi connectivity index (χ4v) is 4.63. The summed E-state index contributed by atoms with van der Waals surface area (Å²) in [5.74, 6) is -1.01. The number of nitrogens with one attached hydrogen (secondary N) is 1. The van der Waals surface area contributed by atoms with Crippen LogP contribution in [-0.4, -0.2) is 51.2 Å². The van der Waals surface area contributed by atoms with Crippen molar-refractivity contribution >= 4 is 34.9 Å². The van der Waals surface area contributed by atoms with Gasteiger partial charge in [-0.15, -0.1) is 0 Å². The minimum Gasteiger partial charge on any atom is -0.464 e. The van der Waals surface area contributed by atoms with Crippen LogP contribution in [-0.2, 0) is 16.1 Å². The van der Waals surface area contributed by atoms with Gasteiger partial charge in [-0.2, -0.15) is 4.37 Å². The number of ether oxygens (including phenoxy) is 1. The Morgan fingerprint density at radius 2 is 2.14 bits per heavy atom. The lowest BCUT2D eigenvalue weighted by Gasteiger charge is -2.30. The highest BCUT2D eigenvalue weighted by Crippen LogP contribution is 2.31. The number of primary amides is 1. The van der Waals surface area contributed by atoms with Crippen molar-refractivity contribution in [2.24, 2.45) is 5.73 Å². The lowest BCUT2D eigenvalue weighted by molar-refractivity contribution is -0.127. The average Bonchev–Trinajstić information content (AvgIpc) is 3.59. The molecule has 4 heterocycles. The number of pyridine rings is 1. The predicted molar refractivity (Wildman–Crippen MR) is 127 cm³/mol. The van der Waals surface area contributed by atoms with Gasteiger partial charge in [0.05, 0.1) is 11.8 Å². The monoisotopic (exact) mass is 498 g/mol. The highest BCUT2D eigenvalue weighted by Gasteiger charge is 2.37. The second-order valence-corrected chi connectivity index (χ2v) is 8.94. The number of carbonyl (C=O) groups excluding carboxylic acids is 3. The minimum atomic E-state index is -1.13. The van der Waals surface area contributed by atoms with Crippen LogP contribution in [0.3, 0.4) is 0 Å². The second-order valence-electron chi connectivity index (χ2n) is 8.16. The summed E-state index contributed by atoms with van der Waals surface area (Å²) in [6, 6.07) is 5.76. The van der Waals surface area contributed by atoms with Crippen LogP contribution in [0.2, 0.25) is 0 Å². The summed E-state index contributed by atoms with van der Waals surface area (Å²) in [6.45, 7) is 2.73. The van der Waals surface area contributed by atoms with E-state index in [4.69, 9.17) is 20.6 Å². The molecule has 0 saturated carbocycles. The molecule has 0 bridgehead atoms. The first kappa shape index (κ1) is 24.4. The van der Waals surface area contributed by atoms with Crippen molar-refractivity contribution in [2.45, 2.75) is 38.5 Å². The average molecular weight is 499 g/mol. The highest BCUT2D eigenvalue weighted by atomic mass is 32.1. The van der Waals surface area contributed by atoms with E-state index in [1.807, 2.05) is 0 Å². The highest BCUT2D eigenvalue weighted by molar-refractivity contribution is 7.09. The third kappa shape index (κ3) is 5.49. The van der Waals surface area contributed by atoms with E-state index in [1.165, 1.54) is 4.90 Å². The van der Waals surface area contributed by atoms with Gasteiger partial charge in [0.1, 0.15) is 16.4 Å². The molecule has 3 amide bonds. The van der Waals surface area contributed by atoms with Gasteiger partial charge in [-0.25, -0.2) is 0 Å². The van der Waals surface area contributed by atoms with E-state index in [2.05, 4.69) is 14.7 Å². The second kappa shape index (κ2) is 10.7. The van der Waals surface area contributed by atoms with Crippen molar-refractivity contribution in [3.05, 3.63) is 64.3 Å². The number of rotatable bonds is 9. The first-order chi connectivity index (χ1) is 16.8. The zero-order valence-electron chi connectivity index (χ0n) is 19.1. The molecule has 0 radical (unpaired) electrons. The Kier molecular flexibility index (Phi) is 7.42. The number of nitrogens with zero attached hydrogens (tertiary/aromatic N) is 3. The van der Waals surface area contributed by atoms with E-state index in [0.29, 0.717) is 24.5 Å². The normalized spacial score (nSPS) is 16.1. The summed E-state index contributed by atoms with van der Waals surface area (Å²) in [5.41, 5.74) is 11.7. The standard InChI is InChI=1S/C23H26N6O5S/c1-13-6-7-16(34-13)19(22(31)27-11-15-5-3-9-33-15)29(12-14-4-2-8-26-10-14)23(32)20-17(24)18(21(25)30)28-35-20/h2,4,6-8,10,15,19H,3,5,9,11-12,24H2,1H3,(H2,25,30)(H,27,31). The fourth-order valence-electron chi connectivity index (χ4n) is 3.87. The number of nitrogens with two attached hydrogens (primary N) is 2. The number of hydrogen-bond acceptors (Lipinski definition) is 9. The largest absolute Gasteiger partial charge is 0.464 e. The molecule has 3 aromatic heterocycles. The molecule has 1 fully saturated rings. The van der Waals surface area contributed by atoms with E-state index >= 15 is 0 Å². The molecule has 2 unspecified atom stereocenters. The first-order valence-electron chi connectivity index (χ1n) is 11.1. The molecular weight excluding hydrogens is 472 g/mol. The van der Waals surface area contributed by atoms with Gasteiger partial charge in [0.15, 0.2) is 11.7 Å². The molecule has 1 saturated heterocycles. The third-order valence-electron chi connectivity index (χ3n) is 5.61. The lowest BCUT2D eigenvalue weighted by atomic mass is 10.1. The molecule has 35 heavy (non-hydrogen) atoms.